The van der Waals surface area contributed by atoms with Crippen molar-refractivity contribution in [1.29, 1.82) is 0 Å². The molecule has 3 rings (SSSR count). The van der Waals surface area contributed by atoms with Crippen LogP contribution < -0.4 is 20.9 Å². The average molecular weight is 454 g/mol. The monoisotopic (exact) mass is 453 g/mol. The van der Waals surface area contributed by atoms with Gasteiger partial charge in [0.05, 0.1) is 10.6 Å². The third-order valence-electron chi connectivity index (χ3n) is 4.15. The summed E-state index contributed by atoms with van der Waals surface area (Å²) in [5.74, 6) is -0.271. The van der Waals surface area contributed by atoms with Crippen molar-refractivity contribution in [1.82, 2.24) is 0 Å². The van der Waals surface area contributed by atoms with Crippen LogP contribution in [0.15, 0.2) is 78.0 Å². The molecule has 164 valence electrons. The number of nitrogens with two attached hydrogens (primary N) is 2. The molecule has 0 saturated carbocycles. The minimum atomic E-state index is -0.672. The first-order chi connectivity index (χ1) is 15.4. The molecule has 3 aromatic carbocycles. The largest absolute Gasteiger partial charge is 0.487 e. The molecular formula is C23H20ClN3O5. The fourth-order valence-electron chi connectivity index (χ4n) is 2.58. The van der Waals surface area contributed by atoms with Gasteiger partial charge >= 0.3 is 5.97 Å². The Balaban J connectivity index is 1.59. The summed E-state index contributed by atoms with van der Waals surface area (Å²) in [6.07, 6.45) is 0. The molecule has 0 aliphatic carbocycles. The zero-order valence-electron chi connectivity index (χ0n) is 16.9. The molecule has 0 aromatic heterocycles. The second kappa shape index (κ2) is 10.8. The van der Waals surface area contributed by atoms with E-state index in [9.17, 15) is 9.59 Å². The fraction of sp³-hybridized carbons (Fsp3) is 0.0870. The topological polar surface area (TPSA) is 126 Å². The van der Waals surface area contributed by atoms with Crippen LogP contribution in [0.1, 0.15) is 21.5 Å². The van der Waals surface area contributed by atoms with Crippen molar-refractivity contribution in [3.63, 3.8) is 0 Å². The molecule has 0 aliphatic rings. The number of hydrogen-bond acceptors (Lipinski definition) is 6. The molecule has 0 heterocycles. The SMILES string of the molecule is NC(=O)COc1ccc(/C(N)=N/OC(=O)c2cccc(COc3ccccc3Cl)c2)cc1. The summed E-state index contributed by atoms with van der Waals surface area (Å²) < 4.78 is 10.9. The summed E-state index contributed by atoms with van der Waals surface area (Å²) in [6, 6.07) is 20.3. The molecule has 8 nitrogen and oxygen atoms in total. The smallest absolute Gasteiger partial charge is 0.365 e. The molecule has 32 heavy (non-hydrogen) atoms. The Hall–Kier alpha value is -4.04. The van der Waals surface area contributed by atoms with Gasteiger partial charge < -0.3 is 25.8 Å². The summed E-state index contributed by atoms with van der Waals surface area (Å²) >= 11 is 6.08. The summed E-state index contributed by atoms with van der Waals surface area (Å²) in [5.41, 5.74) is 12.5. The van der Waals surface area contributed by atoms with Crippen LogP contribution in [0.2, 0.25) is 5.02 Å². The van der Waals surface area contributed by atoms with E-state index in [-0.39, 0.29) is 24.6 Å². The van der Waals surface area contributed by atoms with Gasteiger partial charge in [-0.25, -0.2) is 4.79 Å². The Morgan fingerprint density at radius 1 is 0.875 bits per heavy atom. The summed E-state index contributed by atoms with van der Waals surface area (Å²) in [7, 11) is 0. The van der Waals surface area contributed by atoms with E-state index in [4.69, 9.17) is 37.4 Å². The highest BCUT2D eigenvalue weighted by molar-refractivity contribution is 6.32. The highest BCUT2D eigenvalue weighted by atomic mass is 35.5. The van der Waals surface area contributed by atoms with Crippen molar-refractivity contribution in [2.45, 2.75) is 6.61 Å². The Kier molecular flexibility index (Phi) is 7.66. The minimum absolute atomic E-state index is 0.00184. The van der Waals surface area contributed by atoms with E-state index in [0.717, 1.165) is 5.56 Å². The van der Waals surface area contributed by atoms with Gasteiger partial charge in [-0.15, -0.1) is 0 Å². The zero-order valence-corrected chi connectivity index (χ0v) is 17.6. The second-order valence-corrected chi connectivity index (χ2v) is 6.96. The molecule has 0 aliphatic heterocycles. The van der Waals surface area contributed by atoms with Crippen molar-refractivity contribution in [2.24, 2.45) is 16.6 Å². The van der Waals surface area contributed by atoms with E-state index in [2.05, 4.69) is 5.16 Å². The van der Waals surface area contributed by atoms with E-state index in [0.29, 0.717) is 22.1 Å². The van der Waals surface area contributed by atoms with Crippen LogP contribution in [-0.2, 0) is 16.2 Å². The lowest BCUT2D eigenvalue weighted by atomic mass is 10.1. The lowest BCUT2D eigenvalue weighted by molar-refractivity contribution is -0.119. The normalized spacial score (nSPS) is 11.0. The number of carbonyl (C=O) groups excluding carboxylic acids is 2. The van der Waals surface area contributed by atoms with Crippen molar-refractivity contribution in [3.05, 3.63) is 94.5 Å². The lowest BCUT2D eigenvalue weighted by Crippen LogP contribution is -2.20. The van der Waals surface area contributed by atoms with Gasteiger partial charge in [-0.05, 0) is 54.1 Å². The molecule has 3 aromatic rings. The van der Waals surface area contributed by atoms with E-state index >= 15 is 0 Å². The van der Waals surface area contributed by atoms with Gasteiger partial charge in [0.1, 0.15) is 18.1 Å². The number of primary amides is 1. The highest BCUT2D eigenvalue weighted by Gasteiger charge is 2.10. The maximum absolute atomic E-state index is 12.4. The van der Waals surface area contributed by atoms with Gasteiger partial charge in [0.15, 0.2) is 12.4 Å². The first-order valence-corrected chi connectivity index (χ1v) is 9.83. The molecule has 0 fully saturated rings. The second-order valence-electron chi connectivity index (χ2n) is 6.55. The number of amidine groups is 1. The third-order valence-corrected chi connectivity index (χ3v) is 4.46. The number of carbonyl (C=O) groups is 2. The number of rotatable bonds is 9. The standard InChI is InChI=1S/C23H20ClN3O5/c24-19-6-1-2-7-20(19)31-13-15-4-3-5-17(12-15)23(29)32-27-22(26)16-8-10-18(11-9-16)30-14-21(25)28/h1-12H,13-14H2,(H2,25,28)(H2,26,27). The number of hydrogen-bond donors (Lipinski definition) is 2. The summed E-state index contributed by atoms with van der Waals surface area (Å²) in [5, 5.41) is 4.19. The van der Waals surface area contributed by atoms with Gasteiger partial charge in [0, 0.05) is 5.56 Å². The molecular weight excluding hydrogens is 434 g/mol. The number of para-hydroxylation sites is 1. The van der Waals surface area contributed by atoms with E-state index in [1.54, 1.807) is 54.6 Å². The third kappa shape index (κ3) is 6.48. The zero-order chi connectivity index (χ0) is 22.9. The van der Waals surface area contributed by atoms with Crippen LogP contribution in [0.5, 0.6) is 11.5 Å². The predicted molar refractivity (Wildman–Crippen MR) is 119 cm³/mol. The number of benzene rings is 3. The van der Waals surface area contributed by atoms with Crippen LogP contribution in [0.3, 0.4) is 0 Å². The van der Waals surface area contributed by atoms with Crippen molar-refractivity contribution >= 4 is 29.3 Å². The van der Waals surface area contributed by atoms with Crippen molar-refractivity contribution < 1.29 is 23.9 Å². The van der Waals surface area contributed by atoms with Crippen LogP contribution >= 0.6 is 11.6 Å². The Morgan fingerprint density at radius 2 is 1.62 bits per heavy atom. The molecule has 4 N–H and O–H groups in total. The number of nitrogens with zero attached hydrogens (tertiary/aromatic N) is 1. The molecule has 0 atom stereocenters. The fourth-order valence-corrected chi connectivity index (χ4v) is 2.77. The molecule has 0 unspecified atom stereocenters. The van der Waals surface area contributed by atoms with Crippen LogP contribution in [-0.4, -0.2) is 24.3 Å². The van der Waals surface area contributed by atoms with Crippen LogP contribution in [0.25, 0.3) is 0 Å². The molecule has 0 spiro atoms. The summed E-state index contributed by atoms with van der Waals surface area (Å²) in [4.78, 5) is 28.1. The van der Waals surface area contributed by atoms with E-state index in [1.807, 2.05) is 18.2 Å². The minimum Gasteiger partial charge on any atom is -0.487 e. The number of ether oxygens (including phenoxy) is 2. The Morgan fingerprint density at radius 3 is 2.34 bits per heavy atom. The first kappa shape index (κ1) is 22.6. The predicted octanol–water partition coefficient (Wildman–Crippen LogP) is 3.26. The maximum atomic E-state index is 12.4. The molecule has 0 saturated heterocycles. The van der Waals surface area contributed by atoms with Gasteiger partial charge in [-0.1, -0.05) is 41.0 Å². The number of oxime groups is 1. The van der Waals surface area contributed by atoms with Crippen LogP contribution in [0.4, 0.5) is 0 Å². The first-order valence-electron chi connectivity index (χ1n) is 9.45. The number of halogens is 1. The van der Waals surface area contributed by atoms with Gasteiger partial charge in [-0.2, -0.15) is 0 Å². The molecule has 9 heteroatoms. The Labute approximate surface area is 189 Å². The van der Waals surface area contributed by atoms with E-state index in [1.165, 1.54) is 0 Å². The maximum Gasteiger partial charge on any atom is 0.365 e. The number of amides is 1. The van der Waals surface area contributed by atoms with Gasteiger partial charge in [-0.3, -0.25) is 4.79 Å². The summed E-state index contributed by atoms with van der Waals surface area (Å²) in [6.45, 7) is -0.0105. The van der Waals surface area contributed by atoms with Gasteiger partial charge in [0.25, 0.3) is 5.91 Å². The lowest BCUT2D eigenvalue weighted by Gasteiger charge is -2.08. The average Bonchev–Trinajstić information content (AvgIpc) is 2.81. The molecule has 0 radical (unpaired) electrons. The van der Waals surface area contributed by atoms with Crippen molar-refractivity contribution in [3.8, 4) is 11.5 Å². The van der Waals surface area contributed by atoms with Crippen molar-refractivity contribution in [2.75, 3.05) is 6.61 Å². The quantitative estimate of drug-likeness (QED) is 0.221. The highest BCUT2D eigenvalue weighted by Crippen LogP contribution is 2.24. The van der Waals surface area contributed by atoms with Crippen LogP contribution in [0, 0.1) is 0 Å². The van der Waals surface area contributed by atoms with E-state index < -0.39 is 11.9 Å². The molecule has 0 bridgehead atoms. The van der Waals surface area contributed by atoms with Gasteiger partial charge in [0.2, 0.25) is 0 Å². The molecule has 1 amide bonds. The Bertz CT molecular complexity index is 1130.